The lowest BCUT2D eigenvalue weighted by Gasteiger charge is -2.19. The highest BCUT2D eigenvalue weighted by Gasteiger charge is 2.43. The van der Waals surface area contributed by atoms with E-state index in [1.54, 1.807) is 20.8 Å². The SMILES string of the molecule is CC(C)(C)OC(=O)NCC(=O)CCCCCCCNC(=O)CCCCCCC(=O)CCCCC1SCC2NC(=O)NC21.NCC(=O)CCCCCCCNC(=O)CCCCCCC(=O)CCCCC1SCC2NC(=O)NC21. The topological polar surface area (TPSA) is 273 Å². The fraction of sp³-hybridized carbons (Fsp3) is 0.842. The van der Waals surface area contributed by atoms with E-state index in [2.05, 4.69) is 37.2 Å². The summed E-state index contributed by atoms with van der Waals surface area (Å²) in [7, 11) is 0. The quantitative estimate of drug-likeness (QED) is 0.0210. The molecule has 9 N–H and O–H groups in total. The third-order valence-corrected chi connectivity index (χ3v) is 17.5. The average Bonchev–Trinajstić information content (AvgIpc) is 4.16. The van der Waals surface area contributed by atoms with Gasteiger partial charge in [-0.2, -0.15) is 23.5 Å². The van der Waals surface area contributed by atoms with Gasteiger partial charge in [-0.25, -0.2) is 14.4 Å². The largest absolute Gasteiger partial charge is 0.444 e. The predicted molar refractivity (Wildman–Crippen MR) is 308 cm³/mol. The molecule has 0 aromatic heterocycles. The van der Waals surface area contributed by atoms with Crippen molar-refractivity contribution >= 4 is 76.6 Å². The number of carbonyl (C=O) groups is 9. The Kier molecular flexibility index (Phi) is 35.3. The van der Waals surface area contributed by atoms with Crippen LogP contribution in [0.15, 0.2) is 0 Å². The van der Waals surface area contributed by atoms with Crippen molar-refractivity contribution in [1.82, 2.24) is 37.2 Å². The molecule has 7 amide bonds. The minimum absolute atomic E-state index is 0.00239. The van der Waals surface area contributed by atoms with Gasteiger partial charge >= 0.3 is 18.2 Å². The number of nitrogens with two attached hydrogens (primary N) is 1. The normalized spacial score (nSPS) is 20.1. The second-order valence-corrected chi connectivity index (χ2v) is 25.1. The molecule has 6 unspecified atom stereocenters. The summed E-state index contributed by atoms with van der Waals surface area (Å²) in [6.07, 6.45) is 27.4. The van der Waals surface area contributed by atoms with E-state index in [1.165, 1.54) is 0 Å². The number of amides is 7. The first-order valence-corrected chi connectivity index (χ1v) is 31.8. The standard InChI is InChI=1S/C31H54N4O6S.C26H46N4O4S/c1-31(2,3)41-30(40)33-21-24(37)17-10-5-4-8-14-20-32-27(38)19-11-7-6-9-15-23(36)16-12-13-18-26-28-25(22-42-26)34-29(39)35-28;27-18-21(32)14-7-2-1-5-11-17-28-24(33)16-8-4-3-6-12-20(31)13-9-10-15-23-25-22(19-35-23)29-26(34)30-25/h25-26,28H,4-22H2,1-3H3,(H,32,38)(H,33,40)(H2,34,35,39);22-23,25H,1-19,27H2,(H,28,33)(H2,29,30,34). The van der Waals surface area contributed by atoms with Gasteiger partial charge in [0.2, 0.25) is 11.8 Å². The second kappa shape index (κ2) is 40.3. The van der Waals surface area contributed by atoms with Crippen LogP contribution >= 0.6 is 23.5 Å². The molecule has 0 saturated carbocycles. The van der Waals surface area contributed by atoms with Crippen molar-refractivity contribution in [2.24, 2.45) is 5.73 Å². The molecule has 0 spiro atoms. The summed E-state index contributed by atoms with van der Waals surface area (Å²) in [6.45, 7) is 6.89. The second-order valence-electron chi connectivity index (χ2n) is 22.5. The fourth-order valence-corrected chi connectivity index (χ4v) is 13.1. The summed E-state index contributed by atoms with van der Waals surface area (Å²) >= 11 is 3.84. The molecule has 77 heavy (non-hydrogen) atoms. The number of hydrogen-bond donors (Lipinski definition) is 8. The Hall–Kier alpha value is -3.91. The van der Waals surface area contributed by atoms with Crippen molar-refractivity contribution in [2.75, 3.05) is 37.7 Å². The van der Waals surface area contributed by atoms with Gasteiger partial charge < -0.3 is 47.7 Å². The number of ether oxygens (including phenoxy) is 1. The summed E-state index contributed by atoms with van der Waals surface area (Å²) in [5.41, 5.74) is 4.71. The molecule has 0 aromatic rings. The molecule has 440 valence electrons. The maximum atomic E-state index is 12.2. The molecule has 18 nitrogen and oxygen atoms in total. The van der Waals surface area contributed by atoms with E-state index in [9.17, 15) is 43.2 Å². The molecular formula is C57H100N8O10S2. The van der Waals surface area contributed by atoms with Crippen molar-refractivity contribution in [3.05, 3.63) is 0 Å². The van der Waals surface area contributed by atoms with E-state index < -0.39 is 11.7 Å². The molecule has 20 heteroatoms. The Morgan fingerprint density at radius 3 is 1.22 bits per heavy atom. The molecule has 0 bridgehead atoms. The lowest BCUT2D eigenvalue weighted by molar-refractivity contribution is -0.122. The third-order valence-electron chi connectivity index (χ3n) is 14.4. The van der Waals surface area contributed by atoms with Crippen LogP contribution in [0.4, 0.5) is 14.4 Å². The van der Waals surface area contributed by atoms with Gasteiger partial charge in [0.05, 0.1) is 37.3 Å². The first-order chi connectivity index (χ1) is 37.0. The van der Waals surface area contributed by atoms with E-state index >= 15 is 0 Å². The molecule has 4 aliphatic heterocycles. The number of nitrogens with one attached hydrogen (secondary N) is 7. The Labute approximate surface area is 469 Å². The molecule has 4 saturated heterocycles. The van der Waals surface area contributed by atoms with Gasteiger partial charge in [0.25, 0.3) is 0 Å². The fourth-order valence-electron chi connectivity index (χ4n) is 10.1. The summed E-state index contributed by atoms with van der Waals surface area (Å²) in [5.74, 6) is 2.98. The molecule has 4 heterocycles. The number of urea groups is 2. The molecule has 4 rings (SSSR count). The van der Waals surface area contributed by atoms with Crippen LogP contribution in [0.1, 0.15) is 226 Å². The number of thioether (sulfide) groups is 2. The van der Waals surface area contributed by atoms with Crippen molar-refractivity contribution in [3.63, 3.8) is 0 Å². The number of carbonyl (C=O) groups excluding carboxylic acids is 9. The van der Waals surface area contributed by atoms with Gasteiger partial charge in [-0.3, -0.25) is 28.8 Å². The summed E-state index contributed by atoms with van der Waals surface area (Å²) < 4.78 is 5.11. The lowest BCUT2D eigenvalue weighted by Crippen LogP contribution is -2.36. The van der Waals surface area contributed by atoms with E-state index in [1.807, 2.05) is 23.5 Å². The molecule has 0 aromatic carbocycles. The van der Waals surface area contributed by atoms with E-state index in [0.717, 1.165) is 172 Å². The van der Waals surface area contributed by atoms with Crippen LogP contribution in [-0.2, 0) is 33.5 Å². The smallest absolute Gasteiger partial charge is 0.408 e. The minimum atomic E-state index is -0.577. The van der Waals surface area contributed by atoms with Crippen LogP contribution < -0.4 is 43.0 Å². The Morgan fingerprint density at radius 2 is 0.818 bits per heavy atom. The number of unbranched alkanes of at least 4 members (excludes halogenated alkanes) is 16. The van der Waals surface area contributed by atoms with Crippen molar-refractivity contribution in [2.45, 2.75) is 267 Å². The highest BCUT2D eigenvalue weighted by molar-refractivity contribution is 8.00. The van der Waals surface area contributed by atoms with Crippen molar-refractivity contribution < 1.29 is 47.9 Å². The maximum absolute atomic E-state index is 12.2. The van der Waals surface area contributed by atoms with Crippen LogP contribution in [0.2, 0.25) is 0 Å². The zero-order chi connectivity index (χ0) is 56.1. The highest BCUT2D eigenvalue weighted by atomic mass is 32.2. The number of hydrogen-bond acceptors (Lipinski definition) is 13. The first-order valence-electron chi connectivity index (χ1n) is 29.7. The minimum Gasteiger partial charge on any atom is -0.444 e. The van der Waals surface area contributed by atoms with Crippen molar-refractivity contribution in [3.8, 4) is 0 Å². The van der Waals surface area contributed by atoms with Crippen LogP contribution in [0.25, 0.3) is 0 Å². The summed E-state index contributed by atoms with van der Waals surface area (Å²) in [4.78, 5) is 106. The molecule has 6 atom stereocenters. The number of alkyl carbamates (subject to hydrolysis) is 1. The predicted octanol–water partition coefficient (Wildman–Crippen LogP) is 8.78. The van der Waals surface area contributed by atoms with Crippen LogP contribution in [-0.4, -0.2) is 131 Å². The Morgan fingerprint density at radius 1 is 0.468 bits per heavy atom. The third kappa shape index (κ3) is 32.7. The zero-order valence-electron chi connectivity index (χ0n) is 47.3. The van der Waals surface area contributed by atoms with Crippen molar-refractivity contribution in [1.29, 1.82) is 0 Å². The maximum Gasteiger partial charge on any atom is 0.408 e. The number of rotatable bonds is 43. The van der Waals surface area contributed by atoms with Gasteiger partial charge in [0, 0.05) is 86.5 Å². The van der Waals surface area contributed by atoms with E-state index in [0.29, 0.717) is 80.0 Å². The summed E-state index contributed by atoms with van der Waals surface area (Å²) in [5, 5.41) is 21.3. The zero-order valence-corrected chi connectivity index (χ0v) is 48.9. The van der Waals surface area contributed by atoms with Crippen LogP contribution in [0.5, 0.6) is 0 Å². The number of Topliss-reactive ketones (excluding diaryl/α,β-unsaturated/α-hetero) is 4. The molecular weight excluding hydrogens is 1020 g/mol. The van der Waals surface area contributed by atoms with Gasteiger partial charge in [0.15, 0.2) is 5.78 Å². The van der Waals surface area contributed by atoms with Gasteiger partial charge in [-0.1, -0.05) is 77.0 Å². The van der Waals surface area contributed by atoms with Crippen LogP contribution in [0.3, 0.4) is 0 Å². The monoisotopic (exact) mass is 1120 g/mol. The average molecular weight is 1120 g/mol. The molecule has 0 radical (unpaired) electrons. The number of fused-ring (bicyclic) bond motifs is 2. The van der Waals surface area contributed by atoms with E-state index in [-0.39, 0.29) is 72.7 Å². The van der Waals surface area contributed by atoms with E-state index in [4.69, 9.17) is 10.5 Å². The van der Waals surface area contributed by atoms with Gasteiger partial charge in [-0.15, -0.1) is 0 Å². The van der Waals surface area contributed by atoms with Gasteiger partial charge in [-0.05, 0) is 97.8 Å². The Bertz CT molecular complexity index is 1800. The molecule has 4 fully saturated rings. The molecule has 4 aliphatic rings. The molecule has 0 aliphatic carbocycles. The first kappa shape index (κ1) is 67.4. The highest BCUT2D eigenvalue weighted by Crippen LogP contribution is 2.34. The lowest BCUT2D eigenvalue weighted by atomic mass is 10.0. The van der Waals surface area contributed by atoms with Gasteiger partial charge in [0.1, 0.15) is 23.0 Å². The van der Waals surface area contributed by atoms with Crippen LogP contribution in [0, 0.1) is 0 Å². The number of ketones is 4. The summed E-state index contributed by atoms with van der Waals surface area (Å²) in [6, 6.07) is 0.927. The Balaban J connectivity index is 0.000000412.